The molecule has 0 saturated heterocycles. The molecule has 0 bridgehead atoms. The van der Waals surface area contributed by atoms with Crippen molar-refractivity contribution < 1.29 is 57.2 Å². The van der Waals surface area contributed by atoms with Crippen molar-refractivity contribution in [2.45, 2.75) is 46.0 Å². The second-order valence-corrected chi connectivity index (χ2v) is 13.5. The summed E-state index contributed by atoms with van der Waals surface area (Å²) in [4.78, 5) is 75.6. The number of esters is 6. The zero-order valence-electron chi connectivity index (χ0n) is 35.1. The van der Waals surface area contributed by atoms with Gasteiger partial charge in [0.2, 0.25) is 0 Å². The second-order valence-electron chi connectivity index (χ2n) is 13.5. The summed E-state index contributed by atoms with van der Waals surface area (Å²) in [6.07, 6.45) is 4.37. The summed E-state index contributed by atoms with van der Waals surface area (Å²) in [5, 5.41) is 18.8. The lowest BCUT2D eigenvalue weighted by Gasteiger charge is -2.19. The molecule has 16 heteroatoms. The molecule has 2 aromatic carbocycles. The van der Waals surface area contributed by atoms with Gasteiger partial charge in [-0.05, 0) is 80.7 Å². The van der Waals surface area contributed by atoms with Gasteiger partial charge < -0.3 is 38.2 Å². The Hall–Kier alpha value is -7.20. The fraction of sp³-hybridized carbons (Fsp3) is 0.378. The summed E-state index contributed by atoms with van der Waals surface area (Å²) in [6.45, 7) is 10.8. The molecule has 0 N–H and O–H groups in total. The molecule has 0 amide bonds. The molecule has 0 radical (unpaired) electrons. The lowest BCUT2D eigenvalue weighted by molar-refractivity contribution is -0.147. The van der Waals surface area contributed by atoms with E-state index in [2.05, 4.69) is 13.2 Å². The summed E-state index contributed by atoms with van der Waals surface area (Å²) in [7, 11) is 3.75. The molecule has 16 nitrogen and oxygen atoms in total. The number of anilines is 2. The Balaban J connectivity index is 1.61. The number of hydrogen-bond donors (Lipinski definition) is 0. The van der Waals surface area contributed by atoms with Crippen molar-refractivity contribution in [2.75, 3.05) is 76.6 Å². The number of carbonyl (C=O) groups excluding carboxylic acids is 6. The highest BCUT2D eigenvalue weighted by Gasteiger charge is 2.14. The lowest BCUT2D eigenvalue weighted by atomic mass is 10.1. The SMILES string of the molecule is C=C(C)C(=O)OCCOC(=O)/C(C#N)=C/c1ccc(N(C)CCCOC(=O)CCCC(=O)OCCCN(C)c2ccc(/C=C(\C#N)C(=O)OCCOC(=O)C(=C)C)cc2)cc1. The minimum atomic E-state index is -0.837. The van der Waals surface area contributed by atoms with Gasteiger partial charge in [0, 0.05) is 62.5 Å². The molecule has 0 unspecified atom stereocenters. The molecule has 0 spiro atoms. The first-order valence-electron chi connectivity index (χ1n) is 19.3. The fourth-order valence-electron chi connectivity index (χ4n) is 4.95. The Labute approximate surface area is 356 Å². The molecule has 0 aliphatic carbocycles. The maximum atomic E-state index is 12.2. The van der Waals surface area contributed by atoms with Crippen LogP contribution < -0.4 is 9.80 Å². The standard InChI is InChI=1S/C45H52N4O12/c1-32(2)42(52)58-24-26-60-44(54)36(30-46)28-34-12-16-38(17-13-34)48(5)20-8-22-56-40(50)10-7-11-41(51)57-23-9-21-49(6)39-18-14-35(15-19-39)29-37(31-47)45(55)61-27-25-59-43(53)33(3)4/h12-19,28-29H,1,3,7-11,20-27H2,2,4-6H3/b36-28+,37-29+. The topological polar surface area (TPSA) is 212 Å². The van der Waals surface area contributed by atoms with Gasteiger partial charge in [-0.2, -0.15) is 10.5 Å². The largest absolute Gasteiger partial charge is 0.466 e. The van der Waals surface area contributed by atoms with Crippen LogP contribution in [0.3, 0.4) is 0 Å². The maximum absolute atomic E-state index is 12.2. The Bertz CT molecular complexity index is 1860. The summed E-state index contributed by atoms with van der Waals surface area (Å²) >= 11 is 0. The van der Waals surface area contributed by atoms with Gasteiger partial charge in [-0.1, -0.05) is 37.4 Å². The Morgan fingerprint density at radius 1 is 0.525 bits per heavy atom. The first-order chi connectivity index (χ1) is 29.1. The van der Waals surface area contributed by atoms with Gasteiger partial charge in [-0.3, -0.25) is 9.59 Å². The van der Waals surface area contributed by atoms with E-state index in [9.17, 15) is 39.3 Å². The summed E-state index contributed by atoms with van der Waals surface area (Å²) in [6, 6.07) is 17.9. The van der Waals surface area contributed by atoms with Crippen molar-refractivity contribution in [3.05, 3.63) is 95.1 Å². The zero-order valence-corrected chi connectivity index (χ0v) is 35.1. The van der Waals surface area contributed by atoms with Crippen molar-refractivity contribution in [3.63, 3.8) is 0 Å². The van der Waals surface area contributed by atoms with Crippen molar-refractivity contribution in [1.29, 1.82) is 10.5 Å². The quantitative estimate of drug-likeness (QED) is 0.0380. The molecule has 0 heterocycles. The van der Waals surface area contributed by atoms with Crippen LogP contribution in [0.2, 0.25) is 0 Å². The molecule has 0 aliphatic rings. The number of ether oxygens (including phenoxy) is 6. The van der Waals surface area contributed by atoms with Crippen LogP contribution in [0.25, 0.3) is 12.2 Å². The van der Waals surface area contributed by atoms with Gasteiger partial charge in [0.25, 0.3) is 0 Å². The molecule has 0 aliphatic heterocycles. The molecule has 0 saturated carbocycles. The summed E-state index contributed by atoms with van der Waals surface area (Å²) < 4.78 is 30.4. The van der Waals surface area contributed by atoms with Gasteiger partial charge in [0.1, 0.15) is 49.7 Å². The van der Waals surface area contributed by atoms with E-state index in [1.165, 1.54) is 26.0 Å². The van der Waals surface area contributed by atoms with Crippen LogP contribution >= 0.6 is 0 Å². The average Bonchev–Trinajstić information content (AvgIpc) is 3.24. The van der Waals surface area contributed by atoms with Crippen LogP contribution in [-0.2, 0) is 57.2 Å². The third-order valence-electron chi connectivity index (χ3n) is 8.33. The first-order valence-corrected chi connectivity index (χ1v) is 19.3. The highest BCUT2D eigenvalue weighted by Crippen LogP contribution is 2.18. The molecular weight excluding hydrogens is 789 g/mol. The van der Waals surface area contributed by atoms with Crippen LogP contribution in [0, 0.1) is 22.7 Å². The third-order valence-corrected chi connectivity index (χ3v) is 8.33. The molecule has 2 rings (SSSR count). The predicted octanol–water partition coefficient (Wildman–Crippen LogP) is 5.44. The number of rotatable bonds is 26. The van der Waals surface area contributed by atoms with Crippen molar-refractivity contribution in [1.82, 2.24) is 0 Å². The molecule has 61 heavy (non-hydrogen) atoms. The van der Waals surface area contributed by atoms with E-state index < -0.39 is 35.8 Å². The number of benzene rings is 2. The maximum Gasteiger partial charge on any atom is 0.349 e. The van der Waals surface area contributed by atoms with Crippen LogP contribution in [0.15, 0.2) is 84.0 Å². The van der Waals surface area contributed by atoms with E-state index in [4.69, 9.17) is 28.4 Å². The normalized spacial score (nSPS) is 10.9. The number of nitriles is 2. The lowest BCUT2D eigenvalue weighted by Crippen LogP contribution is -2.20. The van der Waals surface area contributed by atoms with Crippen molar-refractivity contribution >= 4 is 59.3 Å². The van der Waals surface area contributed by atoms with Gasteiger partial charge in [-0.15, -0.1) is 0 Å². The number of hydrogen-bond acceptors (Lipinski definition) is 16. The predicted molar refractivity (Wildman–Crippen MR) is 225 cm³/mol. The molecule has 0 atom stereocenters. The number of nitrogens with zero attached hydrogens (tertiary/aromatic N) is 4. The minimum Gasteiger partial charge on any atom is -0.466 e. The van der Waals surface area contributed by atoms with Gasteiger partial charge >= 0.3 is 35.8 Å². The van der Waals surface area contributed by atoms with Crippen LogP contribution in [0.4, 0.5) is 11.4 Å². The number of carbonyl (C=O) groups is 6. The van der Waals surface area contributed by atoms with E-state index in [-0.39, 0.29) is 74.8 Å². The fourth-order valence-corrected chi connectivity index (χ4v) is 4.95. The smallest absolute Gasteiger partial charge is 0.349 e. The van der Waals surface area contributed by atoms with Crippen molar-refractivity contribution in [2.24, 2.45) is 0 Å². The van der Waals surface area contributed by atoms with Crippen LogP contribution in [0.5, 0.6) is 0 Å². The third kappa shape index (κ3) is 19.9. The summed E-state index contributed by atoms with van der Waals surface area (Å²) in [5.41, 5.74) is 2.97. The highest BCUT2D eigenvalue weighted by atomic mass is 16.6. The average molecular weight is 841 g/mol. The van der Waals surface area contributed by atoms with Crippen molar-refractivity contribution in [3.8, 4) is 12.1 Å². The Morgan fingerprint density at radius 3 is 1.16 bits per heavy atom. The molecule has 0 fully saturated rings. The van der Waals surface area contributed by atoms with Gasteiger partial charge in [-0.25, -0.2) is 19.2 Å². The Kier molecular flexibility index (Phi) is 22.5. The highest BCUT2D eigenvalue weighted by molar-refractivity contribution is 5.98. The molecule has 0 aromatic heterocycles. The van der Waals surface area contributed by atoms with E-state index in [0.717, 1.165) is 11.4 Å². The second kappa shape index (κ2) is 27.5. The molecule has 2 aromatic rings. The molecular formula is C45H52N4O12. The van der Waals surface area contributed by atoms with E-state index in [1.54, 1.807) is 24.3 Å². The van der Waals surface area contributed by atoms with Gasteiger partial charge in [0.15, 0.2) is 0 Å². The minimum absolute atomic E-state index is 0.0819. The molecule has 324 valence electrons. The van der Waals surface area contributed by atoms with Crippen LogP contribution in [0.1, 0.15) is 57.1 Å². The summed E-state index contributed by atoms with van der Waals surface area (Å²) in [5.74, 6) is -3.69. The van der Waals surface area contributed by atoms with Gasteiger partial charge in [0.05, 0.1) is 13.2 Å². The Morgan fingerprint density at radius 2 is 0.852 bits per heavy atom. The van der Waals surface area contributed by atoms with Crippen LogP contribution in [-0.4, -0.2) is 103 Å². The monoisotopic (exact) mass is 840 g/mol. The zero-order chi connectivity index (χ0) is 45.2. The first kappa shape index (κ1) is 49.9. The van der Waals surface area contributed by atoms with E-state index >= 15 is 0 Å². The van der Waals surface area contributed by atoms with E-state index in [1.807, 2.05) is 60.3 Å². The van der Waals surface area contributed by atoms with E-state index in [0.29, 0.717) is 43.5 Å².